The van der Waals surface area contributed by atoms with Gasteiger partial charge in [0.15, 0.2) is 11.7 Å². The molecular formula is C32H33N3O5. The van der Waals surface area contributed by atoms with Crippen LogP contribution in [0.4, 0.5) is 0 Å². The van der Waals surface area contributed by atoms with Crippen molar-refractivity contribution in [3.05, 3.63) is 107 Å². The van der Waals surface area contributed by atoms with Gasteiger partial charge in [0.05, 0.1) is 24.1 Å². The highest BCUT2D eigenvalue weighted by molar-refractivity contribution is 6.05. The van der Waals surface area contributed by atoms with Gasteiger partial charge in [0.1, 0.15) is 0 Å². The molecule has 4 aromatic rings. The molecule has 0 unspecified atom stereocenters. The van der Waals surface area contributed by atoms with E-state index in [0.717, 1.165) is 16.7 Å². The molecule has 0 bridgehead atoms. The highest BCUT2D eigenvalue weighted by Gasteiger charge is 2.31. The maximum atomic E-state index is 13.2. The quantitative estimate of drug-likeness (QED) is 0.175. The predicted molar refractivity (Wildman–Crippen MR) is 153 cm³/mol. The fraction of sp³-hybridized carbons (Fsp3) is 0.219. The third-order valence-electron chi connectivity index (χ3n) is 6.87. The number of ketones is 1. The van der Waals surface area contributed by atoms with Crippen molar-refractivity contribution in [2.45, 2.75) is 39.3 Å². The Hall–Kier alpha value is -4.85. The van der Waals surface area contributed by atoms with Crippen molar-refractivity contribution in [1.82, 2.24) is 15.6 Å². The van der Waals surface area contributed by atoms with E-state index in [-0.39, 0.29) is 35.3 Å². The number of aromatic nitrogens is 1. The molecule has 0 fully saturated rings. The second kappa shape index (κ2) is 12.3. The molecule has 5 N–H and O–H groups in total. The van der Waals surface area contributed by atoms with Gasteiger partial charge < -0.3 is 20.8 Å². The number of aromatic amines is 1. The van der Waals surface area contributed by atoms with Crippen LogP contribution < -0.4 is 10.6 Å². The van der Waals surface area contributed by atoms with Crippen LogP contribution in [0.25, 0.3) is 11.1 Å². The van der Waals surface area contributed by atoms with E-state index in [1.54, 1.807) is 26.0 Å². The molecule has 0 aliphatic heterocycles. The number of benzene rings is 3. The summed E-state index contributed by atoms with van der Waals surface area (Å²) in [6.07, 6.45) is -0.113. The molecule has 40 heavy (non-hydrogen) atoms. The zero-order chi connectivity index (χ0) is 28.8. The van der Waals surface area contributed by atoms with Crippen LogP contribution in [0.15, 0.2) is 84.9 Å². The Morgan fingerprint density at radius 2 is 1.35 bits per heavy atom. The standard InChI is InChI=1S/C32H33N3O5/c1-19(2)28(29(37)27-20(3)30(38)35-32(27)40)34-26(36)18-25(23-12-8-5-9-13-23)33-31(39)24-16-14-22(15-17-24)21-10-6-4-7-11-21/h4-17,19,25,28,35,38,40H,18H2,1-3H3,(H,33,39)(H,34,36)/t25-,28-/m0/s1. The van der Waals surface area contributed by atoms with Gasteiger partial charge in [0.2, 0.25) is 11.8 Å². The van der Waals surface area contributed by atoms with Crippen molar-refractivity contribution in [3.63, 3.8) is 0 Å². The summed E-state index contributed by atoms with van der Waals surface area (Å²) in [7, 11) is 0. The first-order valence-electron chi connectivity index (χ1n) is 13.1. The summed E-state index contributed by atoms with van der Waals surface area (Å²) in [5.74, 6) is -2.36. The number of H-pyrrole nitrogens is 1. The predicted octanol–water partition coefficient (Wildman–Crippen LogP) is 5.29. The average molecular weight is 540 g/mol. The third-order valence-corrected chi connectivity index (χ3v) is 6.87. The molecule has 2 atom stereocenters. The van der Waals surface area contributed by atoms with E-state index in [1.807, 2.05) is 72.8 Å². The Kier molecular flexibility index (Phi) is 8.69. The number of carbonyl (C=O) groups excluding carboxylic acids is 3. The molecule has 0 aliphatic rings. The molecule has 2 amide bonds. The molecule has 0 radical (unpaired) electrons. The number of amides is 2. The van der Waals surface area contributed by atoms with Crippen molar-refractivity contribution >= 4 is 17.6 Å². The maximum Gasteiger partial charge on any atom is 0.251 e. The zero-order valence-electron chi connectivity index (χ0n) is 22.6. The average Bonchev–Trinajstić information content (AvgIpc) is 3.22. The first-order chi connectivity index (χ1) is 19.2. The number of Topliss-reactive ketones (excluding diaryl/α,β-unsaturated/α-hetero) is 1. The fourth-order valence-corrected chi connectivity index (χ4v) is 4.60. The lowest BCUT2D eigenvalue weighted by molar-refractivity contribution is -0.122. The van der Waals surface area contributed by atoms with Crippen molar-refractivity contribution in [3.8, 4) is 22.9 Å². The molecule has 206 valence electrons. The molecule has 0 aliphatic carbocycles. The summed E-state index contributed by atoms with van der Waals surface area (Å²) in [6, 6.07) is 24.6. The van der Waals surface area contributed by atoms with Crippen LogP contribution in [-0.2, 0) is 4.79 Å². The molecule has 3 aromatic carbocycles. The minimum absolute atomic E-state index is 0.0663. The van der Waals surface area contributed by atoms with Crippen molar-refractivity contribution in [2.75, 3.05) is 0 Å². The Morgan fingerprint density at radius 3 is 1.90 bits per heavy atom. The highest BCUT2D eigenvalue weighted by Crippen LogP contribution is 2.30. The minimum atomic E-state index is -0.954. The summed E-state index contributed by atoms with van der Waals surface area (Å²) in [6.45, 7) is 5.06. The number of carbonyl (C=O) groups is 3. The Balaban J connectivity index is 1.50. The molecule has 0 saturated carbocycles. The van der Waals surface area contributed by atoms with E-state index in [0.29, 0.717) is 5.56 Å². The normalized spacial score (nSPS) is 12.5. The minimum Gasteiger partial charge on any atom is -0.494 e. The van der Waals surface area contributed by atoms with Crippen LogP contribution in [0.2, 0.25) is 0 Å². The largest absolute Gasteiger partial charge is 0.494 e. The lowest BCUT2D eigenvalue weighted by Crippen LogP contribution is -2.45. The summed E-state index contributed by atoms with van der Waals surface area (Å²) in [5, 5.41) is 25.7. The molecule has 1 heterocycles. The van der Waals surface area contributed by atoms with Crippen LogP contribution in [0.3, 0.4) is 0 Å². The highest BCUT2D eigenvalue weighted by atomic mass is 16.3. The second-order valence-corrected chi connectivity index (χ2v) is 10.1. The van der Waals surface area contributed by atoms with Gasteiger partial charge in [-0.05, 0) is 41.7 Å². The van der Waals surface area contributed by atoms with Gasteiger partial charge in [-0.3, -0.25) is 19.4 Å². The van der Waals surface area contributed by atoms with Crippen LogP contribution >= 0.6 is 0 Å². The van der Waals surface area contributed by atoms with Gasteiger partial charge in [-0.1, -0.05) is 86.6 Å². The van der Waals surface area contributed by atoms with E-state index in [1.165, 1.54) is 6.92 Å². The monoisotopic (exact) mass is 539 g/mol. The van der Waals surface area contributed by atoms with E-state index in [9.17, 15) is 24.6 Å². The van der Waals surface area contributed by atoms with Crippen LogP contribution in [0.1, 0.15) is 58.2 Å². The summed E-state index contributed by atoms with van der Waals surface area (Å²) < 4.78 is 0. The first-order valence-corrected chi connectivity index (χ1v) is 13.1. The van der Waals surface area contributed by atoms with E-state index in [4.69, 9.17) is 0 Å². The zero-order valence-corrected chi connectivity index (χ0v) is 22.6. The maximum absolute atomic E-state index is 13.2. The van der Waals surface area contributed by atoms with Gasteiger partial charge in [0, 0.05) is 11.1 Å². The van der Waals surface area contributed by atoms with E-state index in [2.05, 4.69) is 15.6 Å². The molecule has 0 spiro atoms. The number of aromatic hydroxyl groups is 2. The lowest BCUT2D eigenvalue weighted by atomic mass is 9.93. The number of nitrogens with one attached hydrogen (secondary N) is 3. The molecule has 4 rings (SSSR count). The van der Waals surface area contributed by atoms with Crippen LogP contribution in [0.5, 0.6) is 11.8 Å². The Morgan fingerprint density at radius 1 is 0.775 bits per heavy atom. The third kappa shape index (κ3) is 6.40. The van der Waals surface area contributed by atoms with Gasteiger partial charge in [-0.15, -0.1) is 0 Å². The second-order valence-electron chi connectivity index (χ2n) is 10.1. The van der Waals surface area contributed by atoms with Gasteiger partial charge in [-0.25, -0.2) is 0 Å². The van der Waals surface area contributed by atoms with Crippen molar-refractivity contribution < 1.29 is 24.6 Å². The summed E-state index contributed by atoms with van der Waals surface area (Å²) in [4.78, 5) is 42.0. The van der Waals surface area contributed by atoms with E-state index < -0.39 is 29.7 Å². The van der Waals surface area contributed by atoms with E-state index >= 15 is 0 Å². The molecule has 1 aromatic heterocycles. The van der Waals surface area contributed by atoms with Gasteiger partial charge >= 0.3 is 0 Å². The number of hydrogen-bond acceptors (Lipinski definition) is 5. The number of hydrogen-bond donors (Lipinski definition) is 5. The molecular weight excluding hydrogens is 506 g/mol. The Labute approximate surface area is 233 Å². The van der Waals surface area contributed by atoms with Crippen molar-refractivity contribution in [2.24, 2.45) is 5.92 Å². The Bertz CT molecular complexity index is 1480. The summed E-state index contributed by atoms with van der Waals surface area (Å²) >= 11 is 0. The van der Waals surface area contributed by atoms with Gasteiger partial charge in [-0.2, -0.15) is 0 Å². The molecule has 8 nitrogen and oxygen atoms in total. The lowest BCUT2D eigenvalue weighted by Gasteiger charge is -2.24. The number of rotatable bonds is 10. The van der Waals surface area contributed by atoms with Crippen molar-refractivity contribution in [1.29, 1.82) is 0 Å². The van der Waals surface area contributed by atoms with Gasteiger partial charge in [0.25, 0.3) is 5.91 Å². The first kappa shape index (κ1) is 28.2. The van der Waals surface area contributed by atoms with Crippen LogP contribution in [-0.4, -0.2) is 38.8 Å². The topological polar surface area (TPSA) is 132 Å². The molecule has 8 heteroatoms. The smallest absolute Gasteiger partial charge is 0.251 e. The molecule has 0 saturated heterocycles. The summed E-state index contributed by atoms with van der Waals surface area (Å²) in [5.41, 5.74) is 3.36. The fourth-order valence-electron chi connectivity index (χ4n) is 4.60. The van der Waals surface area contributed by atoms with Crippen LogP contribution in [0, 0.1) is 12.8 Å². The SMILES string of the molecule is Cc1c(O)[nH]c(O)c1C(=O)[C@@H](NC(=O)C[C@H](NC(=O)c1ccc(-c2ccccc2)cc1)c1ccccc1)C(C)C.